The van der Waals surface area contributed by atoms with Crippen molar-refractivity contribution in [1.29, 1.82) is 0 Å². The molecule has 1 aliphatic heterocycles. The molecule has 0 fully saturated rings. The first-order valence-electron chi connectivity index (χ1n) is 10.9. The molecule has 32 heavy (non-hydrogen) atoms. The third kappa shape index (κ3) is 3.59. The SMILES string of the molecule is C/C(N)=C1\c2ccc(-c3cncc4[nH]ccc34)cc2C(Nc2ccc(C)cc2)CCN1N. The number of hydrogen-bond acceptors (Lipinski definition) is 5. The number of allylic oxidation sites excluding steroid dienone is 1. The molecule has 0 saturated carbocycles. The van der Waals surface area contributed by atoms with Crippen molar-refractivity contribution in [2.45, 2.75) is 26.3 Å². The van der Waals surface area contributed by atoms with Gasteiger partial charge in [-0.15, -0.1) is 0 Å². The van der Waals surface area contributed by atoms with Crippen LogP contribution in [-0.4, -0.2) is 21.5 Å². The molecule has 6 nitrogen and oxygen atoms in total. The van der Waals surface area contributed by atoms with Crippen LogP contribution in [0, 0.1) is 6.92 Å². The van der Waals surface area contributed by atoms with Crippen molar-refractivity contribution in [2.75, 3.05) is 11.9 Å². The number of aryl methyl sites for hydroxylation is 1. The zero-order chi connectivity index (χ0) is 22.2. The maximum Gasteiger partial charge on any atom is 0.0777 e. The average molecular weight is 425 g/mol. The third-order valence-electron chi connectivity index (χ3n) is 6.18. The molecule has 0 spiro atoms. The Kier molecular flexibility index (Phi) is 5.07. The van der Waals surface area contributed by atoms with Crippen LogP contribution in [-0.2, 0) is 0 Å². The largest absolute Gasteiger partial charge is 0.401 e. The summed E-state index contributed by atoms with van der Waals surface area (Å²) in [6.45, 7) is 4.71. The summed E-state index contributed by atoms with van der Waals surface area (Å²) in [6, 6.07) is 17.2. The molecule has 6 N–H and O–H groups in total. The number of pyridine rings is 1. The maximum absolute atomic E-state index is 6.43. The number of nitrogens with zero attached hydrogens (tertiary/aromatic N) is 2. The van der Waals surface area contributed by atoms with E-state index >= 15 is 0 Å². The summed E-state index contributed by atoms with van der Waals surface area (Å²) in [7, 11) is 0. The summed E-state index contributed by atoms with van der Waals surface area (Å²) >= 11 is 0. The van der Waals surface area contributed by atoms with Crippen molar-refractivity contribution in [3.05, 3.63) is 89.5 Å². The highest BCUT2D eigenvalue weighted by Gasteiger charge is 2.26. The van der Waals surface area contributed by atoms with Crippen LogP contribution in [0.15, 0.2) is 72.8 Å². The Morgan fingerprint density at radius 2 is 1.91 bits per heavy atom. The molecule has 0 bridgehead atoms. The van der Waals surface area contributed by atoms with Gasteiger partial charge in [-0.1, -0.05) is 29.8 Å². The van der Waals surface area contributed by atoms with Crippen LogP contribution in [0.2, 0.25) is 0 Å². The van der Waals surface area contributed by atoms with Crippen LogP contribution < -0.4 is 16.9 Å². The quantitative estimate of drug-likeness (QED) is 0.350. The highest BCUT2D eigenvalue weighted by molar-refractivity contribution is 5.94. The maximum atomic E-state index is 6.43. The van der Waals surface area contributed by atoms with Gasteiger partial charge in [-0.25, -0.2) is 5.84 Å². The molecule has 4 aromatic rings. The highest BCUT2D eigenvalue weighted by Crippen LogP contribution is 2.38. The Hall–Kier alpha value is -3.77. The lowest BCUT2D eigenvalue weighted by Crippen LogP contribution is -2.31. The number of H-pyrrole nitrogens is 1. The summed E-state index contributed by atoms with van der Waals surface area (Å²) in [6.07, 6.45) is 6.59. The normalized spacial score (nSPS) is 17.7. The van der Waals surface area contributed by atoms with E-state index in [0.29, 0.717) is 12.2 Å². The van der Waals surface area contributed by atoms with E-state index in [1.807, 2.05) is 25.5 Å². The Morgan fingerprint density at radius 1 is 1.09 bits per heavy atom. The fraction of sp³-hybridized carbons (Fsp3) is 0.192. The van der Waals surface area contributed by atoms with Crippen molar-refractivity contribution in [3.8, 4) is 11.1 Å². The number of aromatic amines is 1. The number of fused-ring (bicyclic) bond motifs is 2. The van der Waals surface area contributed by atoms with Gasteiger partial charge in [-0.3, -0.25) is 4.98 Å². The Bertz CT molecular complexity index is 1300. The van der Waals surface area contributed by atoms with Crippen LogP contribution >= 0.6 is 0 Å². The first-order chi connectivity index (χ1) is 15.5. The molecular formula is C26H28N6. The summed E-state index contributed by atoms with van der Waals surface area (Å²) in [4.78, 5) is 7.69. The Balaban J connectivity index is 1.66. The molecule has 0 saturated heterocycles. The van der Waals surface area contributed by atoms with Gasteiger partial charge in [0.2, 0.25) is 0 Å². The van der Waals surface area contributed by atoms with E-state index in [0.717, 1.165) is 45.4 Å². The molecule has 2 aromatic heterocycles. The Morgan fingerprint density at radius 3 is 2.69 bits per heavy atom. The molecule has 5 rings (SSSR count). The molecule has 1 aliphatic rings. The van der Waals surface area contributed by atoms with E-state index in [4.69, 9.17) is 11.6 Å². The number of anilines is 1. The standard InChI is InChI=1S/C26H28N6/c1-16-3-6-19(7-4-16)31-24-10-12-32(28)26(17(2)27)21-8-5-18(13-22(21)24)23-14-29-15-25-20(23)9-11-30-25/h3-9,11,13-15,24,30-31H,10,12,27-28H2,1-2H3/b26-17-. The van der Waals surface area contributed by atoms with Crippen LogP contribution in [0.5, 0.6) is 0 Å². The topological polar surface area (TPSA) is 96.0 Å². The summed E-state index contributed by atoms with van der Waals surface area (Å²) in [5.74, 6) is 6.43. The molecule has 3 heterocycles. The monoisotopic (exact) mass is 424 g/mol. The number of hydrazine groups is 1. The molecule has 2 aromatic carbocycles. The molecule has 1 unspecified atom stereocenters. The lowest BCUT2D eigenvalue weighted by Gasteiger charge is -2.22. The smallest absolute Gasteiger partial charge is 0.0777 e. The molecule has 162 valence electrons. The van der Waals surface area contributed by atoms with E-state index in [2.05, 4.69) is 70.7 Å². The van der Waals surface area contributed by atoms with Gasteiger partial charge < -0.3 is 21.0 Å². The molecular weight excluding hydrogens is 396 g/mol. The Labute approximate surface area is 187 Å². The third-order valence-corrected chi connectivity index (χ3v) is 6.18. The summed E-state index contributed by atoms with van der Waals surface area (Å²) in [5, 5.41) is 6.66. The van der Waals surface area contributed by atoms with Crippen molar-refractivity contribution in [3.63, 3.8) is 0 Å². The van der Waals surface area contributed by atoms with E-state index < -0.39 is 0 Å². The minimum atomic E-state index is 0.0916. The van der Waals surface area contributed by atoms with Gasteiger partial charge >= 0.3 is 0 Å². The first kappa shape index (κ1) is 20.2. The number of nitrogens with one attached hydrogen (secondary N) is 2. The summed E-state index contributed by atoms with van der Waals surface area (Å²) in [5.41, 5.74) is 15.7. The van der Waals surface area contributed by atoms with Gasteiger partial charge in [0.1, 0.15) is 0 Å². The van der Waals surface area contributed by atoms with E-state index in [9.17, 15) is 0 Å². The number of rotatable bonds is 3. The number of hydrogen-bond donors (Lipinski definition) is 4. The predicted molar refractivity (Wildman–Crippen MR) is 131 cm³/mol. The zero-order valence-electron chi connectivity index (χ0n) is 18.4. The van der Waals surface area contributed by atoms with Gasteiger partial charge in [0.25, 0.3) is 0 Å². The zero-order valence-corrected chi connectivity index (χ0v) is 18.4. The van der Waals surface area contributed by atoms with Gasteiger partial charge in [0.05, 0.1) is 23.5 Å². The molecule has 0 radical (unpaired) electrons. The van der Waals surface area contributed by atoms with Gasteiger partial charge in [-0.2, -0.15) is 0 Å². The minimum absolute atomic E-state index is 0.0916. The molecule has 0 aliphatic carbocycles. The second-order valence-electron chi connectivity index (χ2n) is 8.50. The number of benzene rings is 2. The van der Waals surface area contributed by atoms with Crippen LogP contribution in [0.25, 0.3) is 27.7 Å². The van der Waals surface area contributed by atoms with E-state index in [1.54, 1.807) is 5.01 Å². The second kappa shape index (κ2) is 8.05. The van der Waals surface area contributed by atoms with Crippen LogP contribution in [0.4, 0.5) is 5.69 Å². The first-order valence-corrected chi connectivity index (χ1v) is 10.9. The molecule has 0 amide bonds. The molecule has 6 heteroatoms. The second-order valence-corrected chi connectivity index (χ2v) is 8.50. The fourth-order valence-corrected chi connectivity index (χ4v) is 4.57. The predicted octanol–water partition coefficient (Wildman–Crippen LogP) is 4.92. The lowest BCUT2D eigenvalue weighted by atomic mass is 9.92. The lowest BCUT2D eigenvalue weighted by molar-refractivity contribution is 0.402. The van der Waals surface area contributed by atoms with Crippen molar-refractivity contribution < 1.29 is 0 Å². The van der Waals surface area contributed by atoms with Gasteiger partial charge in [-0.05, 0) is 55.7 Å². The van der Waals surface area contributed by atoms with Crippen molar-refractivity contribution in [2.24, 2.45) is 11.6 Å². The van der Waals surface area contributed by atoms with Crippen molar-refractivity contribution >= 4 is 22.3 Å². The fourth-order valence-electron chi connectivity index (χ4n) is 4.57. The minimum Gasteiger partial charge on any atom is -0.401 e. The van der Waals surface area contributed by atoms with Gasteiger partial charge in [0, 0.05) is 46.8 Å². The van der Waals surface area contributed by atoms with E-state index in [1.165, 1.54) is 11.1 Å². The summed E-state index contributed by atoms with van der Waals surface area (Å²) < 4.78 is 0. The molecule has 1 atom stereocenters. The average Bonchev–Trinajstić information content (AvgIpc) is 3.22. The van der Waals surface area contributed by atoms with E-state index in [-0.39, 0.29) is 6.04 Å². The highest BCUT2D eigenvalue weighted by atomic mass is 15.4. The van der Waals surface area contributed by atoms with Gasteiger partial charge in [0.15, 0.2) is 0 Å². The van der Waals surface area contributed by atoms with Crippen molar-refractivity contribution in [1.82, 2.24) is 15.0 Å². The van der Waals surface area contributed by atoms with Crippen LogP contribution in [0.3, 0.4) is 0 Å². The van der Waals surface area contributed by atoms with Crippen LogP contribution in [0.1, 0.15) is 36.1 Å². The number of aromatic nitrogens is 2. The number of nitrogens with two attached hydrogens (primary N) is 2.